The van der Waals surface area contributed by atoms with E-state index in [1.165, 1.54) is 32.1 Å². The van der Waals surface area contributed by atoms with E-state index in [0.29, 0.717) is 25.0 Å². The summed E-state index contributed by atoms with van der Waals surface area (Å²) in [4.78, 5) is 4.40. The smallest absolute Gasteiger partial charge is 0.188 e. The molecule has 0 bridgehead atoms. The Bertz CT molecular complexity index is 319. The number of rotatable bonds is 4. The van der Waals surface area contributed by atoms with Crippen LogP contribution in [0.25, 0.3) is 0 Å². The second kappa shape index (κ2) is 5.39. The predicted molar refractivity (Wildman–Crippen MR) is 68.4 cm³/mol. The molecule has 2 aliphatic rings. The Labute approximate surface area is 103 Å². The second-order valence-electron chi connectivity index (χ2n) is 5.52. The summed E-state index contributed by atoms with van der Waals surface area (Å²) in [5, 5.41) is 12.0. The third-order valence-electron chi connectivity index (χ3n) is 3.95. The molecule has 0 aromatic heterocycles. The van der Waals surface area contributed by atoms with Gasteiger partial charge in [-0.05, 0) is 25.7 Å². The van der Waals surface area contributed by atoms with Gasteiger partial charge in [0.2, 0.25) is 0 Å². The Morgan fingerprint density at radius 2 is 2.06 bits per heavy atom. The van der Waals surface area contributed by atoms with Crippen LogP contribution in [0, 0.1) is 16.7 Å². The van der Waals surface area contributed by atoms with E-state index in [4.69, 9.17) is 11.0 Å². The van der Waals surface area contributed by atoms with Gasteiger partial charge in [-0.25, -0.2) is 0 Å². The summed E-state index contributed by atoms with van der Waals surface area (Å²) in [7, 11) is 0. The zero-order chi connectivity index (χ0) is 12.1. The van der Waals surface area contributed by atoms with Gasteiger partial charge in [0, 0.05) is 24.4 Å². The van der Waals surface area contributed by atoms with Gasteiger partial charge in [-0.15, -0.1) is 0 Å². The summed E-state index contributed by atoms with van der Waals surface area (Å²) in [6.45, 7) is 0.714. The summed E-state index contributed by atoms with van der Waals surface area (Å²) in [6, 6.07) is 2.76. The molecule has 0 atom stereocenters. The molecular formula is C13H22N4. The monoisotopic (exact) mass is 234 g/mol. The molecule has 4 heteroatoms. The number of hydrogen-bond acceptors (Lipinski definition) is 2. The van der Waals surface area contributed by atoms with Gasteiger partial charge in [-0.1, -0.05) is 19.3 Å². The zero-order valence-electron chi connectivity index (χ0n) is 10.4. The van der Waals surface area contributed by atoms with Crippen molar-refractivity contribution < 1.29 is 0 Å². The summed E-state index contributed by atoms with van der Waals surface area (Å²) >= 11 is 0. The maximum atomic E-state index is 8.72. The number of nitriles is 1. The molecule has 0 heterocycles. The highest BCUT2D eigenvalue weighted by Crippen LogP contribution is 2.48. The van der Waals surface area contributed by atoms with Crippen LogP contribution >= 0.6 is 0 Å². The molecular weight excluding hydrogens is 212 g/mol. The van der Waals surface area contributed by atoms with Gasteiger partial charge >= 0.3 is 0 Å². The van der Waals surface area contributed by atoms with Crippen LogP contribution in [-0.2, 0) is 0 Å². The highest BCUT2D eigenvalue weighted by Gasteiger charge is 2.42. The van der Waals surface area contributed by atoms with E-state index in [-0.39, 0.29) is 5.41 Å². The Kier molecular flexibility index (Phi) is 3.88. The van der Waals surface area contributed by atoms with Gasteiger partial charge in [-0.3, -0.25) is 4.99 Å². The molecule has 2 rings (SSSR count). The van der Waals surface area contributed by atoms with Crippen LogP contribution in [0.4, 0.5) is 0 Å². The Morgan fingerprint density at radius 3 is 2.65 bits per heavy atom. The third-order valence-corrected chi connectivity index (χ3v) is 3.95. The van der Waals surface area contributed by atoms with Gasteiger partial charge in [0.1, 0.15) is 0 Å². The minimum atomic E-state index is 0.160. The van der Waals surface area contributed by atoms with E-state index >= 15 is 0 Å². The van der Waals surface area contributed by atoms with Crippen LogP contribution in [0.1, 0.15) is 51.4 Å². The molecule has 94 valence electrons. The molecule has 2 saturated carbocycles. The molecule has 17 heavy (non-hydrogen) atoms. The molecule has 3 N–H and O–H groups in total. The van der Waals surface area contributed by atoms with Crippen molar-refractivity contribution in [3.8, 4) is 6.07 Å². The average molecular weight is 234 g/mol. The van der Waals surface area contributed by atoms with E-state index in [2.05, 4.69) is 16.4 Å². The first-order valence-corrected chi connectivity index (χ1v) is 6.68. The lowest BCUT2D eigenvalue weighted by molar-refractivity contribution is 0.411. The fourth-order valence-electron chi connectivity index (χ4n) is 2.49. The lowest BCUT2D eigenvalue weighted by Crippen LogP contribution is -2.41. The first-order chi connectivity index (χ1) is 8.24. The van der Waals surface area contributed by atoms with E-state index in [1.807, 2.05) is 0 Å². The molecule has 2 aliphatic carbocycles. The molecule has 2 fully saturated rings. The largest absolute Gasteiger partial charge is 0.370 e. The number of aliphatic imine (C=N–C) groups is 1. The maximum Gasteiger partial charge on any atom is 0.188 e. The van der Waals surface area contributed by atoms with Crippen LogP contribution in [-0.4, -0.2) is 18.5 Å². The van der Waals surface area contributed by atoms with Crippen molar-refractivity contribution in [2.45, 2.75) is 57.4 Å². The highest BCUT2D eigenvalue weighted by atomic mass is 15.1. The van der Waals surface area contributed by atoms with E-state index in [1.54, 1.807) is 0 Å². The molecule has 0 spiro atoms. The Morgan fingerprint density at radius 1 is 1.35 bits per heavy atom. The van der Waals surface area contributed by atoms with Crippen LogP contribution in [0.15, 0.2) is 4.99 Å². The van der Waals surface area contributed by atoms with E-state index in [9.17, 15) is 0 Å². The van der Waals surface area contributed by atoms with Gasteiger partial charge < -0.3 is 11.1 Å². The van der Waals surface area contributed by atoms with Crippen LogP contribution < -0.4 is 11.1 Å². The van der Waals surface area contributed by atoms with Crippen molar-refractivity contribution in [3.63, 3.8) is 0 Å². The maximum absolute atomic E-state index is 8.72. The first kappa shape index (κ1) is 12.2. The van der Waals surface area contributed by atoms with Crippen LogP contribution in [0.2, 0.25) is 0 Å². The second-order valence-corrected chi connectivity index (χ2v) is 5.52. The average Bonchev–Trinajstić information content (AvgIpc) is 3.09. The van der Waals surface area contributed by atoms with Gasteiger partial charge in [0.05, 0.1) is 6.07 Å². The number of nitrogens with two attached hydrogens (primary N) is 1. The van der Waals surface area contributed by atoms with E-state index in [0.717, 1.165) is 12.8 Å². The minimum Gasteiger partial charge on any atom is -0.370 e. The molecule has 0 radical (unpaired) electrons. The minimum absolute atomic E-state index is 0.160. The lowest BCUT2D eigenvalue weighted by atomic mass is 9.96. The molecule has 0 aromatic rings. The van der Waals surface area contributed by atoms with E-state index < -0.39 is 0 Å². The van der Waals surface area contributed by atoms with Crippen molar-refractivity contribution in [3.05, 3.63) is 0 Å². The zero-order valence-corrected chi connectivity index (χ0v) is 10.4. The topological polar surface area (TPSA) is 74.2 Å². The number of guanidine groups is 1. The van der Waals surface area contributed by atoms with Gasteiger partial charge in [0.25, 0.3) is 0 Å². The van der Waals surface area contributed by atoms with Crippen molar-refractivity contribution in [2.75, 3.05) is 6.54 Å². The Hall–Kier alpha value is -1.24. The third kappa shape index (κ3) is 3.62. The van der Waals surface area contributed by atoms with Crippen LogP contribution in [0.5, 0.6) is 0 Å². The summed E-state index contributed by atoms with van der Waals surface area (Å²) in [5.41, 5.74) is 6.05. The normalized spacial score (nSPS) is 24.1. The number of hydrogen-bond donors (Lipinski definition) is 2. The molecule has 4 nitrogen and oxygen atoms in total. The summed E-state index contributed by atoms with van der Waals surface area (Å²) in [6.07, 6.45) is 9.22. The molecule has 0 aliphatic heterocycles. The summed E-state index contributed by atoms with van der Waals surface area (Å²) < 4.78 is 0. The molecule has 0 saturated heterocycles. The fraction of sp³-hybridized carbons (Fsp3) is 0.846. The number of nitrogens with zero attached hydrogens (tertiary/aromatic N) is 2. The first-order valence-electron chi connectivity index (χ1n) is 6.68. The fourth-order valence-corrected chi connectivity index (χ4v) is 2.49. The molecule has 0 unspecified atom stereocenters. The van der Waals surface area contributed by atoms with Crippen molar-refractivity contribution in [1.29, 1.82) is 5.26 Å². The van der Waals surface area contributed by atoms with Crippen molar-refractivity contribution in [2.24, 2.45) is 16.1 Å². The quantitative estimate of drug-likeness (QED) is 0.576. The summed E-state index contributed by atoms with van der Waals surface area (Å²) in [5.74, 6) is 0.570. The highest BCUT2D eigenvalue weighted by molar-refractivity contribution is 5.78. The SMILES string of the molecule is N#CCC1(CN=C(N)NC2CCCCC2)CC1. The predicted octanol–water partition coefficient (Wildman–Crippen LogP) is 1.92. The van der Waals surface area contributed by atoms with Crippen LogP contribution in [0.3, 0.4) is 0 Å². The lowest BCUT2D eigenvalue weighted by Gasteiger charge is -2.23. The van der Waals surface area contributed by atoms with Gasteiger partial charge in [0.15, 0.2) is 5.96 Å². The Balaban J connectivity index is 1.75. The standard InChI is InChI=1S/C13H22N4/c14-9-8-13(6-7-13)10-16-12(15)17-11-4-2-1-3-5-11/h11H,1-8,10H2,(H3,15,16,17). The molecule has 0 aromatic carbocycles. The van der Waals surface area contributed by atoms with Crippen molar-refractivity contribution in [1.82, 2.24) is 5.32 Å². The van der Waals surface area contributed by atoms with Crippen molar-refractivity contribution >= 4 is 5.96 Å². The molecule has 0 amide bonds. The van der Waals surface area contributed by atoms with Gasteiger partial charge in [-0.2, -0.15) is 5.26 Å². The number of nitrogens with one attached hydrogen (secondary N) is 1.